The third kappa shape index (κ3) is 4.11. The van der Waals surface area contributed by atoms with Gasteiger partial charge in [0.15, 0.2) is 11.6 Å². The van der Waals surface area contributed by atoms with Crippen molar-refractivity contribution < 1.29 is 23.5 Å². The van der Waals surface area contributed by atoms with Crippen LogP contribution in [0.25, 0.3) is 6.08 Å². The van der Waals surface area contributed by atoms with Gasteiger partial charge in [0.2, 0.25) is 5.91 Å². The number of carbonyl (C=O) groups excluding carboxylic acids is 2. The Morgan fingerprint density at radius 1 is 1.27 bits per heavy atom. The minimum absolute atomic E-state index is 0.101. The number of carbonyl (C=O) groups is 2. The van der Waals surface area contributed by atoms with Crippen LogP contribution >= 0.6 is 11.3 Å². The van der Waals surface area contributed by atoms with E-state index in [1.165, 1.54) is 41.6 Å². The minimum atomic E-state index is -0.753. The van der Waals surface area contributed by atoms with Gasteiger partial charge in [-0.15, -0.1) is 11.3 Å². The zero-order valence-corrected chi connectivity index (χ0v) is 14.9. The van der Waals surface area contributed by atoms with Crippen molar-refractivity contribution in [1.29, 1.82) is 0 Å². The van der Waals surface area contributed by atoms with Gasteiger partial charge in [0.05, 0.1) is 13.7 Å². The number of hydrogen-bond donors (Lipinski definition) is 0. The van der Waals surface area contributed by atoms with Crippen LogP contribution in [0.4, 0.5) is 4.39 Å². The molecule has 136 valence electrons. The summed E-state index contributed by atoms with van der Waals surface area (Å²) in [5.41, 5.74) is 0. The van der Waals surface area contributed by atoms with E-state index in [1.54, 1.807) is 18.2 Å². The summed E-state index contributed by atoms with van der Waals surface area (Å²) < 4.78 is 24.3. The SMILES string of the molecule is COC(=O)[C@H]1C[C@@H](Oc2ccccc2F)CN1C(=O)/C=C/c1cccs1. The van der Waals surface area contributed by atoms with Crippen molar-refractivity contribution in [1.82, 2.24) is 4.90 Å². The van der Waals surface area contributed by atoms with E-state index in [0.29, 0.717) is 0 Å². The third-order valence-electron chi connectivity index (χ3n) is 4.08. The van der Waals surface area contributed by atoms with Gasteiger partial charge in [-0.1, -0.05) is 18.2 Å². The molecule has 2 heterocycles. The molecule has 0 aliphatic carbocycles. The van der Waals surface area contributed by atoms with E-state index in [2.05, 4.69) is 0 Å². The lowest BCUT2D eigenvalue weighted by Gasteiger charge is -2.20. The molecular weight excluding hydrogens is 357 g/mol. The van der Waals surface area contributed by atoms with E-state index in [4.69, 9.17) is 9.47 Å². The van der Waals surface area contributed by atoms with Crippen molar-refractivity contribution in [2.75, 3.05) is 13.7 Å². The molecule has 26 heavy (non-hydrogen) atoms. The first kappa shape index (κ1) is 18.1. The van der Waals surface area contributed by atoms with Gasteiger partial charge < -0.3 is 14.4 Å². The van der Waals surface area contributed by atoms with Crippen LogP contribution in [0.3, 0.4) is 0 Å². The van der Waals surface area contributed by atoms with Crippen molar-refractivity contribution >= 4 is 29.3 Å². The largest absolute Gasteiger partial charge is 0.485 e. The molecule has 7 heteroatoms. The molecule has 0 N–H and O–H groups in total. The number of amides is 1. The molecule has 1 fully saturated rings. The molecule has 1 aliphatic rings. The zero-order chi connectivity index (χ0) is 18.5. The maximum absolute atomic E-state index is 13.8. The number of esters is 1. The Morgan fingerprint density at radius 3 is 2.77 bits per heavy atom. The number of halogens is 1. The fourth-order valence-corrected chi connectivity index (χ4v) is 3.46. The molecule has 2 atom stereocenters. The Hall–Kier alpha value is -2.67. The number of benzene rings is 1. The highest BCUT2D eigenvalue weighted by Crippen LogP contribution is 2.26. The number of para-hydroxylation sites is 1. The summed E-state index contributed by atoms with van der Waals surface area (Å²) in [6.07, 6.45) is 2.88. The van der Waals surface area contributed by atoms with Crippen molar-refractivity contribution in [2.45, 2.75) is 18.6 Å². The Bertz CT molecular complexity index is 806. The number of rotatable bonds is 5. The summed E-state index contributed by atoms with van der Waals surface area (Å²) in [5.74, 6) is -1.20. The molecule has 1 aromatic heterocycles. The Morgan fingerprint density at radius 2 is 2.08 bits per heavy atom. The summed E-state index contributed by atoms with van der Waals surface area (Å²) in [5, 5.41) is 1.91. The van der Waals surface area contributed by atoms with Crippen molar-refractivity contribution in [3.8, 4) is 5.75 Å². The first-order valence-corrected chi connectivity index (χ1v) is 8.97. The molecule has 0 saturated carbocycles. The van der Waals surface area contributed by atoms with Crippen molar-refractivity contribution in [3.63, 3.8) is 0 Å². The molecular formula is C19H18FNO4S. The molecule has 5 nitrogen and oxygen atoms in total. The highest BCUT2D eigenvalue weighted by molar-refractivity contribution is 7.10. The number of ether oxygens (including phenoxy) is 2. The molecule has 1 aromatic carbocycles. The number of hydrogen-bond acceptors (Lipinski definition) is 5. The Labute approximate surface area is 154 Å². The van der Waals surface area contributed by atoms with Crippen LogP contribution < -0.4 is 4.74 Å². The topological polar surface area (TPSA) is 55.8 Å². The van der Waals surface area contributed by atoms with Crippen LogP contribution in [-0.4, -0.2) is 42.6 Å². The normalized spacial score (nSPS) is 19.7. The van der Waals surface area contributed by atoms with Gasteiger partial charge >= 0.3 is 5.97 Å². The van der Waals surface area contributed by atoms with Gasteiger partial charge in [-0.2, -0.15) is 0 Å². The lowest BCUT2D eigenvalue weighted by molar-refractivity contribution is -0.149. The number of methoxy groups -OCH3 is 1. The number of likely N-dealkylation sites (tertiary alicyclic amines) is 1. The fourth-order valence-electron chi connectivity index (χ4n) is 2.84. The Kier molecular flexibility index (Phi) is 5.68. The van der Waals surface area contributed by atoms with E-state index in [-0.39, 0.29) is 24.6 Å². The highest BCUT2D eigenvalue weighted by Gasteiger charge is 2.41. The molecule has 1 amide bonds. The quantitative estimate of drug-likeness (QED) is 0.595. The fraction of sp³-hybridized carbons (Fsp3) is 0.263. The van der Waals surface area contributed by atoms with Gasteiger partial charge in [-0.25, -0.2) is 9.18 Å². The van der Waals surface area contributed by atoms with Gasteiger partial charge in [0, 0.05) is 17.4 Å². The minimum Gasteiger partial charge on any atom is -0.485 e. The Balaban J connectivity index is 1.73. The predicted octanol–water partition coefficient (Wildman–Crippen LogP) is 3.12. The summed E-state index contributed by atoms with van der Waals surface area (Å²) >= 11 is 1.51. The van der Waals surface area contributed by atoms with Gasteiger partial charge in [0.1, 0.15) is 12.1 Å². The molecule has 3 rings (SSSR count). The molecule has 2 aromatic rings. The van der Waals surface area contributed by atoms with E-state index in [1.807, 2.05) is 17.5 Å². The summed E-state index contributed by atoms with van der Waals surface area (Å²) in [7, 11) is 1.28. The van der Waals surface area contributed by atoms with Gasteiger partial charge in [-0.3, -0.25) is 4.79 Å². The first-order chi connectivity index (χ1) is 12.6. The zero-order valence-electron chi connectivity index (χ0n) is 14.1. The van der Waals surface area contributed by atoms with Crippen LogP contribution in [0.5, 0.6) is 5.75 Å². The summed E-state index contributed by atoms with van der Waals surface area (Å²) in [6, 6.07) is 9.08. The first-order valence-electron chi connectivity index (χ1n) is 8.09. The highest BCUT2D eigenvalue weighted by atomic mass is 32.1. The lowest BCUT2D eigenvalue weighted by Crippen LogP contribution is -2.40. The van der Waals surface area contributed by atoms with Crippen LogP contribution in [0.15, 0.2) is 47.9 Å². The van der Waals surface area contributed by atoms with Crippen LogP contribution in [0.1, 0.15) is 11.3 Å². The van der Waals surface area contributed by atoms with Crippen molar-refractivity contribution in [3.05, 3.63) is 58.5 Å². The molecule has 0 bridgehead atoms. The van der Waals surface area contributed by atoms with Crippen LogP contribution in [0, 0.1) is 5.82 Å². The second-order valence-electron chi connectivity index (χ2n) is 5.78. The average molecular weight is 375 g/mol. The number of nitrogens with zero attached hydrogens (tertiary/aromatic N) is 1. The maximum atomic E-state index is 13.8. The average Bonchev–Trinajstić information content (AvgIpc) is 3.31. The molecule has 1 saturated heterocycles. The van der Waals surface area contributed by atoms with Gasteiger partial charge in [0.25, 0.3) is 0 Å². The smallest absolute Gasteiger partial charge is 0.328 e. The standard InChI is InChI=1S/C19H18FNO4S/c1-24-19(23)16-11-13(25-17-7-3-2-6-15(17)20)12-21(16)18(22)9-8-14-5-4-10-26-14/h2-10,13,16H,11-12H2,1H3/b9-8+/t13-,16-/m1/s1. The van der Waals surface area contributed by atoms with E-state index in [0.717, 1.165) is 4.88 Å². The van der Waals surface area contributed by atoms with Crippen molar-refractivity contribution in [2.24, 2.45) is 0 Å². The van der Waals surface area contributed by atoms with E-state index >= 15 is 0 Å². The second kappa shape index (κ2) is 8.14. The predicted molar refractivity (Wildman–Crippen MR) is 96.3 cm³/mol. The summed E-state index contributed by atoms with van der Waals surface area (Å²) in [6.45, 7) is 0.182. The van der Waals surface area contributed by atoms with E-state index in [9.17, 15) is 14.0 Å². The maximum Gasteiger partial charge on any atom is 0.328 e. The summed E-state index contributed by atoms with van der Waals surface area (Å²) in [4.78, 5) is 26.9. The monoisotopic (exact) mass is 375 g/mol. The molecule has 0 unspecified atom stereocenters. The molecule has 0 spiro atoms. The number of thiophene rings is 1. The van der Waals surface area contributed by atoms with E-state index < -0.39 is 23.9 Å². The molecule has 0 radical (unpaired) electrons. The van der Waals surface area contributed by atoms with Gasteiger partial charge in [-0.05, 0) is 29.7 Å². The lowest BCUT2D eigenvalue weighted by atomic mass is 10.2. The third-order valence-corrected chi connectivity index (χ3v) is 4.92. The van der Waals surface area contributed by atoms with Crippen LogP contribution in [-0.2, 0) is 14.3 Å². The van der Waals surface area contributed by atoms with Crippen LogP contribution in [0.2, 0.25) is 0 Å². The molecule has 1 aliphatic heterocycles. The second-order valence-corrected chi connectivity index (χ2v) is 6.76.